The molecule has 2 aromatic rings. The van der Waals surface area contributed by atoms with Gasteiger partial charge in [0.05, 0.1) is 21.7 Å². The van der Waals surface area contributed by atoms with Crippen LogP contribution in [0.15, 0.2) is 46.9 Å². The number of nitrogens with zero attached hydrogens (tertiary/aromatic N) is 1. The molecule has 0 radical (unpaired) electrons. The van der Waals surface area contributed by atoms with E-state index in [2.05, 4.69) is 22.0 Å². The predicted molar refractivity (Wildman–Crippen MR) is 75.0 cm³/mol. The van der Waals surface area contributed by atoms with Crippen LogP contribution in [0.3, 0.4) is 0 Å². The van der Waals surface area contributed by atoms with Crippen LogP contribution in [-0.2, 0) is 6.61 Å². The lowest BCUT2D eigenvalue weighted by atomic mass is 10.1. The fraction of sp³-hybridized carbons (Fsp3) is 0.0667. The van der Waals surface area contributed by atoms with Crippen LogP contribution in [0.5, 0.6) is 5.75 Å². The standard InChI is InChI=1S/C15H10BrNO2/c16-14-3-1-2-13(9-18)15(14)19-10-12-6-4-11(8-17)5-7-12/h1-7,9H,10H2. The molecule has 0 aromatic heterocycles. The predicted octanol–water partition coefficient (Wildman–Crippen LogP) is 3.71. The third-order valence-electron chi connectivity index (χ3n) is 2.59. The highest BCUT2D eigenvalue weighted by atomic mass is 79.9. The van der Waals surface area contributed by atoms with Crippen LogP contribution in [0, 0.1) is 11.3 Å². The fourth-order valence-corrected chi connectivity index (χ4v) is 2.10. The van der Waals surface area contributed by atoms with Crippen molar-refractivity contribution in [1.82, 2.24) is 0 Å². The number of ether oxygens (including phenoxy) is 1. The zero-order valence-electron chi connectivity index (χ0n) is 9.97. The van der Waals surface area contributed by atoms with E-state index in [0.717, 1.165) is 16.3 Å². The molecule has 94 valence electrons. The van der Waals surface area contributed by atoms with Gasteiger partial charge in [0.1, 0.15) is 12.4 Å². The second kappa shape index (κ2) is 6.17. The number of benzene rings is 2. The molecule has 0 atom stereocenters. The Kier molecular flexibility index (Phi) is 4.32. The van der Waals surface area contributed by atoms with Gasteiger partial charge < -0.3 is 4.74 Å². The average Bonchev–Trinajstić information content (AvgIpc) is 2.46. The molecule has 2 aromatic carbocycles. The Labute approximate surface area is 119 Å². The van der Waals surface area contributed by atoms with Crippen LogP contribution in [-0.4, -0.2) is 6.29 Å². The third kappa shape index (κ3) is 3.21. The van der Waals surface area contributed by atoms with E-state index in [1.807, 2.05) is 18.2 Å². The van der Waals surface area contributed by atoms with Gasteiger partial charge in [-0.05, 0) is 45.8 Å². The van der Waals surface area contributed by atoms with Crippen LogP contribution in [0.25, 0.3) is 0 Å². The second-order valence-electron chi connectivity index (χ2n) is 3.87. The summed E-state index contributed by atoms with van der Waals surface area (Å²) in [6.45, 7) is 0.342. The fourth-order valence-electron chi connectivity index (χ4n) is 1.60. The van der Waals surface area contributed by atoms with Crippen molar-refractivity contribution in [3.8, 4) is 11.8 Å². The molecule has 0 spiro atoms. The first-order chi connectivity index (χ1) is 9.24. The highest BCUT2D eigenvalue weighted by Crippen LogP contribution is 2.28. The van der Waals surface area contributed by atoms with E-state index in [9.17, 15) is 4.79 Å². The average molecular weight is 316 g/mol. The summed E-state index contributed by atoms with van der Waals surface area (Å²) < 4.78 is 6.40. The largest absolute Gasteiger partial charge is 0.487 e. The van der Waals surface area contributed by atoms with Gasteiger partial charge in [-0.15, -0.1) is 0 Å². The molecular formula is C15H10BrNO2. The van der Waals surface area contributed by atoms with Crippen molar-refractivity contribution >= 4 is 22.2 Å². The summed E-state index contributed by atoms with van der Waals surface area (Å²) in [6.07, 6.45) is 0.763. The molecule has 0 aliphatic carbocycles. The van der Waals surface area contributed by atoms with Gasteiger partial charge >= 0.3 is 0 Å². The number of para-hydroxylation sites is 1. The van der Waals surface area contributed by atoms with E-state index < -0.39 is 0 Å². The molecule has 19 heavy (non-hydrogen) atoms. The van der Waals surface area contributed by atoms with Gasteiger partial charge in [-0.2, -0.15) is 5.26 Å². The molecule has 0 fully saturated rings. The number of halogens is 1. The molecule has 0 aliphatic rings. The molecule has 0 heterocycles. The molecule has 0 N–H and O–H groups in total. The SMILES string of the molecule is N#Cc1ccc(COc2c(Br)cccc2C=O)cc1. The molecule has 0 saturated heterocycles. The Balaban J connectivity index is 2.14. The summed E-state index contributed by atoms with van der Waals surface area (Å²) in [7, 11) is 0. The summed E-state index contributed by atoms with van der Waals surface area (Å²) in [5.41, 5.74) is 2.05. The zero-order chi connectivity index (χ0) is 13.7. The quantitative estimate of drug-likeness (QED) is 0.808. The first kappa shape index (κ1) is 13.3. The lowest BCUT2D eigenvalue weighted by Crippen LogP contribution is -1.99. The maximum Gasteiger partial charge on any atom is 0.153 e. The molecule has 4 heteroatoms. The lowest BCUT2D eigenvalue weighted by Gasteiger charge is -2.10. The maximum absolute atomic E-state index is 10.9. The number of nitriles is 1. The monoisotopic (exact) mass is 315 g/mol. The van der Waals surface area contributed by atoms with Crippen molar-refractivity contribution in [2.24, 2.45) is 0 Å². The van der Waals surface area contributed by atoms with E-state index in [1.54, 1.807) is 24.3 Å². The van der Waals surface area contributed by atoms with E-state index in [4.69, 9.17) is 10.00 Å². The number of hydrogen-bond donors (Lipinski definition) is 0. The zero-order valence-corrected chi connectivity index (χ0v) is 11.6. The smallest absolute Gasteiger partial charge is 0.153 e. The summed E-state index contributed by atoms with van der Waals surface area (Å²) >= 11 is 3.36. The first-order valence-electron chi connectivity index (χ1n) is 5.60. The summed E-state index contributed by atoms with van der Waals surface area (Å²) in [6, 6.07) is 14.5. The Morgan fingerprint density at radius 2 is 1.95 bits per heavy atom. The summed E-state index contributed by atoms with van der Waals surface area (Å²) in [4.78, 5) is 10.9. The van der Waals surface area contributed by atoms with Crippen LogP contribution in [0.2, 0.25) is 0 Å². The van der Waals surface area contributed by atoms with Gasteiger partial charge in [0, 0.05) is 0 Å². The molecule has 2 rings (SSSR count). The van der Waals surface area contributed by atoms with E-state index in [0.29, 0.717) is 23.5 Å². The third-order valence-corrected chi connectivity index (χ3v) is 3.22. The Morgan fingerprint density at radius 1 is 1.21 bits per heavy atom. The molecule has 0 unspecified atom stereocenters. The Bertz CT molecular complexity index is 630. The lowest BCUT2D eigenvalue weighted by molar-refractivity contribution is 0.111. The van der Waals surface area contributed by atoms with Crippen molar-refractivity contribution in [2.45, 2.75) is 6.61 Å². The van der Waals surface area contributed by atoms with Crippen molar-refractivity contribution in [1.29, 1.82) is 5.26 Å². The summed E-state index contributed by atoms with van der Waals surface area (Å²) in [5, 5.41) is 8.71. The van der Waals surface area contributed by atoms with Gasteiger partial charge in [0.2, 0.25) is 0 Å². The molecule has 0 bridgehead atoms. The van der Waals surface area contributed by atoms with Crippen LogP contribution >= 0.6 is 15.9 Å². The van der Waals surface area contributed by atoms with Crippen LogP contribution in [0.1, 0.15) is 21.5 Å². The van der Waals surface area contributed by atoms with Gasteiger partial charge in [-0.25, -0.2) is 0 Å². The van der Waals surface area contributed by atoms with Crippen LogP contribution < -0.4 is 4.74 Å². The van der Waals surface area contributed by atoms with Gasteiger partial charge in [0.15, 0.2) is 6.29 Å². The van der Waals surface area contributed by atoms with Crippen LogP contribution in [0.4, 0.5) is 0 Å². The van der Waals surface area contributed by atoms with E-state index in [1.165, 1.54) is 0 Å². The normalized spacial score (nSPS) is 9.68. The first-order valence-corrected chi connectivity index (χ1v) is 6.39. The second-order valence-corrected chi connectivity index (χ2v) is 4.73. The van der Waals surface area contributed by atoms with Crippen molar-refractivity contribution in [3.63, 3.8) is 0 Å². The number of hydrogen-bond acceptors (Lipinski definition) is 3. The van der Waals surface area contributed by atoms with Crippen molar-refractivity contribution in [3.05, 3.63) is 63.6 Å². The molecule has 3 nitrogen and oxygen atoms in total. The van der Waals surface area contributed by atoms with Gasteiger partial charge in [0.25, 0.3) is 0 Å². The minimum atomic E-state index is 0.342. The number of carbonyl (C=O) groups excluding carboxylic acids is 1. The molecule has 0 saturated carbocycles. The highest BCUT2D eigenvalue weighted by Gasteiger charge is 2.07. The Hall–Kier alpha value is -2.12. The van der Waals surface area contributed by atoms with E-state index in [-0.39, 0.29) is 0 Å². The number of aldehydes is 1. The van der Waals surface area contributed by atoms with Gasteiger partial charge in [-0.1, -0.05) is 18.2 Å². The Morgan fingerprint density at radius 3 is 2.58 bits per heavy atom. The minimum absolute atomic E-state index is 0.342. The minimum Gasteiger partial charge on any atom is -0.487 e. The number of rotatable bonds is 4. The maximum atomic E-state index is 10.9. The highest BCUT2D eigenvalue weighted by molar-refractivity contribution is 9.10. The van der Waals surface area contributed by atoms with E-state index >= 15 is 0 Å². The number of carbonyl (C=O) groups is 1. The molecule has 0 aliphatic heterocycles. The van der Waals surface area contributed by atoms with Gasteiger partial charge in [-0.3, -0.25) is 4.79 Å². The summed E-state index contributed by atoms with van der Waals surface area (Å²) in [5.74, 6) is 0.529. The van der Waals surface area contributed by atoms with Crippen molar-refractivity contribution in [2.75, 3.05) is 0 Å². The molecular weight excluding hydrogens is 306 g/mol. The van der Waals surface area contributed by atoms with Crippen molar-refractivity contribution < 1.29 is 9.53 Å². The molecule has 0 amide bonds. The topological polar surface area (TPSA) is 50.1 Å².